The summed E-state index contributed by atoms with van der Waals surface area (Å²) in [5, 5.41) is 0. The van der Waals surface area contributed by atoms with Crippen molar-refractivity contribution in [3.05, 3.63) is 42.4 Å². The van der Waals surface area contributed by atoms with Crippen LogP contribution in [0, 0.1) is 6.92 Å². The fourth-order valence-electron chi connectivity index (χ4n) is 1.42. The molecule has 0 aliphatic heterocycles. The molecule has 1 aromatic heterocycles. The number of benzene rings is 1. The van der Waals surface area contributed by atoms with Crippen LogP contribution in [0.3, 0.4) is 0 Å². The molecule has 0 fully saturated rings. The lowest BCUT2D eigenvalue weighted by Gasteiger charge is -2.03. The van der Waals surface area contributed by atoms with Gasteiger partial charge in [0, 0.05) is 22.4 Å². The third-order valence-electron chi connectivity index (χ3n) is 2.19. The minimum Gasteiger partial charge on any atom is -0.242 e. The highest BCUT2D eigenvalue weighted by Crippen LogP contribution is 2.22. The highest BCUT2D eigenvalue weighted by atomic mass is 35.7. The van der Waals surface area contributed by atoms with Gasteiger partial charge < -0.3 is 0 Å². The van der Waals surface area contributed by atoms with E-state index >= 15 is 0 Å². The number of hydrogen-bond donors (Lipinski definition) is 0. The summed E-state index contributed by atoms with van der Waals surface area (Å²) in [6, 6.07) is 8.05. The second kappa shape index (κ2) is 4.43. The predicted molar refractivity (Wildman–Crippen MR) is 65.2 cm³/mol. The van der Waals surface area contributed by atoms with Gasteiger partial charge in [-0.05, 0) is 25.1 Å². The molecule has 0 amide bonds. The monoisotopic (exact) mass is 268 g/mol. The molecule has 0 radical (unpaired) electrons. The van der Waals surface area contributed by atoms with E-state index in [0.717, 1.165) is 0 Å². The van der Waals surface area contributed by atoms with Gasteiger partial charge in [-0.25, -0.2) is 18.4 Å². The maximum Gasteiger partial charge on any atom is 0.261 e. The van der Waals surface area contributed by atoms with Crippen molar-refractivity contribution in [3.63, 3.8) is 0 Å². The Balaban J connectivity index is 2.54. The van der Waals surface area contributed by atoms with Gasteiger partial charge in [0.25, 0.3) is 9.05 Å². The van der Waals surface area contributed by atoms with E-state index in [1.54, 1.807) is 31.3 Å². The smallest absolute Gasteiger partial charge is 0.242 e. The van der Waals surface area contributed by atoms with Crippen LogP contribution in [0.25, 0.3) is 11.3 Å². The van der Waals surface area contributed by atoms with E-state index in [-0.39, 0.29) is 4.90 Å². The van der Waals surface area contributed by atoms with E-state index in [0.29, 0.717) is 17.1 Å². The first kappa shape index (κ1) is 12.0. The van der Waals surface area contributed by atoms with Crippen molar-refractivity contribution in [2.75, 3.05) is 0 Å². The molecule has 1 aromatic carbocycles. The lowest BCUT2D eigenvalue weighted by Crippen LogP contribution is -1.93. The second-order valence-corrected chi connectivity index (χ2v) is 6.02. The normalized spacial score (nSPS) is 11.4. The van der Waals surface area contributed by atoms with Crippen LogP contribution in [0.4, 0.5) is 0 Å². The van der Waals surface area contributed by atoms with Crippen LogP contribution in [-0.2, 0) is 9.05 Å². The highest BCUT2D eigenvalue weighted by molar-refractivity contribution is 8.13. The van der Waals surface area contributed by atoms with Crippen molar-refractivity contribution in [1.82, 2.24) is 9.97 Å². The van der Waals surface area contributed by atoms with E-state index in [9.17, 15) is 8.42 Å². The van der Waals surface area contributed by atoms with Crippen LogP contribution < -0.4 is 0 Å². The van der Waals surface area contributed by atoms with Crippen molar-refractivity contribution in [2.24, 2.45) is 0 Å². The molecule has 0 atom stereocenters. The van der Waals surface area contributed by atoms with Crippen LogP contribution >= 0.6 is 10.7 Å². The number of aryl methyl sites for hydroxylation is 1. The summed E-state index contributed by atoms with van der Waals surface area (Å²) in [4.78, 5) is 8.26. The molecule has 2 rings (SSSR count). The van der Waals surface area contributed by atoms with E-state index in [4.69, 9.17) is 10.7 Å². The maximum atomic E-state index is 11.2. The minimum atomic E-state index is -3.71. The second-order valence-electron chi connectivity index (χ2n) is 3.45. The Morgan fingerprint density at radius 3 is 2.65 bits per heavy atom. The summed E-state index contributed by atoms with van der Waals surface area (Å²) < 4.78 is 22.4. The van der Waals surface area contributed by atoms with Gasteiger partial charge in [0.1, 0.15) is 5.82 Å². The molecule has 0 aliphatic rings. The number of rotatable bonds is 2. The Morgan fingerprint density at radius 2 is 2.00 bits per heavy atom. The lowest BCUT2D eigenvalue weighted by molar-refractivity contribution is 0.609. The molecular formula is C11H9ClN2O2S. The van der Waals surface area contributed by atoms with Gasteiger partial charge in [0.15, 0.2) is 0 Å². The van der Waals surface area contributed by atoms with E-state index in [1.807, 2.05) is 0 Å². The average molecular weight is 269 g/mol. The van der Waals surface area contributed by atoms with Crippen molar-refractivity contribution < 1.29 is 8.42 Å². The van der Waals surface area contributed by atoms with Crippen molar-refractivity contribution in [2.45, 2.75) is 11.8 Å². The molecule has 0 aliphatic carbocycles. The van der Waals surface area contributed by atoms with Crippen LogP contribution in [0.15, 0.2) is 41.4 Å². The van der Waals surface area contributed by atoms with Gasteiger partial charge >= 0.3 is 0 Å². The Labute approximate surface area is 104 Å². The molecule has 6 heteroatoms. The highest BCUT2D eigenvalue weighted by Gasteiger charge is 2.11. The van der Waals surface area contributed by atoms with Gasteiger partial charge in [0.05, 0.1) is 10.6 Å². The van der Waals surface area contributed by atoms with Crippen molar-refractivity contribution in [1.29, 1.82) is 0 Å². The first-order valence-corrected chi connectivity index (χ1v) is 7.12. The Hall–Kier alpha value is -1.46. The van der Waals surface area contributed by atoms with Gasteiger partial charge in [-0.15, -0.1) is 0 Å². The van der Waals surface area contributed by atoms with E-state index in [1.165, 1.54) is 12.1 Å². The van der Waals surface area contributed by atoms with Crippen LogP contribution in [0.1, 0.15) is 5.82 Å². The zero-order valence-electron chi connectivity index (χ0n) is 8.96. The number of nitrogens with zero attached hydrogens (tertiary/aromatic N) is 2. The molecule has 0 saturated heterocycles. The molecule has 0 unspecified atom stereocenters. The summed E-state index contributed by atoms with van der Waals surface area (Å²) in [5.41, 5.74) is 1.36. The van der Waals surface area contributed by atoms with Gasteiger partial charge in [0.2, 0.25) is 0 Å². The minimum absolute atomic E-state index is 0.0629. The predicted octanol–water partition coefficient (Wildman–Crippen LogP) is 2.38. The van der Waals surface area contributed by atoms with Crippen LogP contribution in [0.2, 0.25) is 0 Å². The molecule has 88 valence electrons. The third-order valence-corrected chi connectivity index (χ3v) is 3.54. The molecular weight excluding hydrogens is 260 g/mol. The van der Waals surface area contributed by atoms with Crippen molar-refractivity contribution >= 4 is 19.7 Å². The molecule has 2 aromatic rings. The zero-order valence-corrected chi connectivity index (χ0v) is 10.5. The maximum absolute atomic E-state index is 11.2. The van der Waals surface area contributed by atoms with E-state index < -0.39 is 9.05 Å². The lowest BCUT2D eigenvalue weighted by atomic mass is 10.1. The Kier molecular flexibility index (Phi) is 3.13. The Bertz CT molecular complexity index is 656. The molecule has 0 spiro atoms. The quantitative estimate of drug-likeness (QED) is 0.785. The number of halogens is 1. The summed E-state index contributed by atoms with van der Waals surface area (Å²) >= 11 is 0. The topological polar surface area (TPSA) is 59.9 Å². The summed E-state index contributed by atoms with van der Waals surface area (Å²) in [6.45, 7) is 1.77. The molecule has 0 N–H and O–H groups in total. The molecule has 0 bridgehead atoms. The number of aromatic nitrogens is 2. The summed E-state index contributed by atoms with van der Waals surface area (Å²) in [6.07, 6.45) is 1.62. The zero-order chi connectivity index (χ0) is 12.5. The van der Waals surface area contributed by atoms with Gasteiger partial charge in [-0.3, -0.25) is 0 Å². The first-order valence-electron chi connectivity index (χ1n) is 4.81. The fourth-order valence-corrected chi connectivity index (χ4v) is 2.22. The molecule has 0 saturated carbocycles. The van der Waals surface area contributed by atoms with Gasteiger partial charge in [-0.1, -0.05) is 12.1 Å². The molecule has 1 heterocycles. The summed E-state index contributed by atoms with van der Waals surface area (Å²) in [5.74, 6) is 0.627. The fraction of sp³-hybridized carbons (Fsp3) is 0.0909. The molecule has 4 nitrogen and oxygen atoms in total. The van der Waals surface area contributed by atoms with Crippen molar-refractivity contribution in [3.8, 4) is 11.3 Å². The number of hydrogen-bond acceptors (Lipinski definition) is 4. The van der Waals surface area contributed by atoms with Gasteiger partial charge in [-0.2, -0.15) is 0 Å². The first-order chi connectivity index (χ1) is 7.97. The molecule has 17 heavy (non-hydrogen) atoms. The van der Waals surface area contributed by atoms with Crippen LogP contribution in [-0.4, -0.2) is 18.4 Å². The SMILES string of the molecule is Cc1nccc(-c2cccc(S(=O)(=O)Cl)c2)n1. The Morgan fingerprint density at radius 1 is 1.24 bits per heavy atom. The third kappa shape index (κ3) is 2.81. The van der Waals surface area contributed by atoms with Crippen LogP contribution in [0.5, 0.6) is 0 Å². The van der Waals surface area contributed by atoms with E-state index in [2.05, 4.69) is 9.97 Å². The summed E-state index contributed by atoms with van der Waals surface area (Å²) in [7, 11) is 1.57. The largest absolute Gasteiger partial charge is 0.261 e. The average Bonchev–Trinajstić information content (AvgIpc) is 2.28. The standard InChI is InChI=1S/C11H9ClN2O2S/c1-8-13-6-5-11(14-8)9-3-2-4-10(7-9)17(12,15)16/h2-7H,1H3.